The average molecular weight is 172 g/mol. The first-order valence-corrected chi connectivity index (χ1v) is 3.52. The van der Waals surface area contributed by atoms with Gasteiger partial charge in [-0.05, 0) is 12.1 Å². The van der Waals surface area contributed by atoms with Gasteiger partial charge >= 0.3 is 0 Å². The van der Waals surface area contributed by atoms with Crippen molar-refractivity contribution < 1.29 is 9.57 Å². The first-order chi connectivity index (χ1) is 5.38. The highest BCUT2D eigenvalue weighted by Crippen LogP contribution is 2.32. The lowest BCUT2D eigenvalue weighted by Gasteiger charge is -2.23. The van der Waals surface area contributed by atoms with Gasteiger partial charge in [-0.1, -0.05) is 12.1 Å². The van der Waals surface area contributed by atoms with Crippen LogP contribution >= 0.6 is 11.8 Å². The molecule has 0 bridgehead atoms. The van der Waals surface area contributed by atoms with E-state index < -0.39 is 0 Å². The van der Waals surface area contributed by atoms with Gasteiger partial charge in [-0.15, -0.1) is 0 Å². The Morgan fingerprint density at radius 3 is 3.00 bits per heavy atom. The Labute approximate surface area is 69.1 Å². The molecule has 1 aliphatic rings. The fourth-order valence-corrected chi connectivity index (χ4v) is 1.11. The third-order valence-corrected chi connectivity index (χ3v) is 1.71. The third-order valence-electron chi connectivity index (χ3n) is 1.44. The number of halogens is 1. The van der Waals surface area contributed by atoms with Crippen LogP contribution in [-0.2, 0) is 4.84 Å². The van der Waals surface area contributed by atoms with Crippen LogP contribution in [0.3, 0.4) is 0 Å². The molecule has 2 rings (SSSR count). The van der Waals surface area contributed by atoms with Crippen LogP contribution in [-0.4, -0.2) is 6.79 Å². The average Bonchev–Trinajstić information content (AvgIpc) is 2.06. The van der Waals surface area contributed by atoms with Crippen molar-refractivity contribution in [2.75, 3.05) is 11.4 Å². The van der Waals surface area contributed by atoms with E-state index in [4.69, 9.17) is 21.4 Å². The van der Waals surface area contributed by atoms with Crippen molar-refractivity contribution in [3.8, 4) is 5.75 Å². The number of ether oxygens (including phenoxy) is 1. The zero-order valence-electron chi connectivity index (χ0n) is 5.66. The second-order valence-electron chi connectivity index (χ2n) is 2.10. The molecule has 1 heterocycles. The second-order valence-corrected chi connectivity index (χ2v) is 2.41. The van der Waals surface area contributed by atoms with Crippen molar-refractivity contribution in [1.82, 2.24) is 0 Å². The fraction of sp³-hybridized carbons (Fsp3) is 0.143. The number of benzene rings is 1. The van der Waals surface area contributed by atoms with E-state index in [2.05, 4.69) is 0 Å². The van der Waals surface area contributed by atoms with Crippen molar-refractivity contribution in [2.45, 2.75) is 0 Å². The van der Waals surface area contributed by atoms with Gasteiger partial charge in [-0.25, -0.2) is 4.84 Å². The smallest absolute Gasteiger partial charge is 0.215 e. The standard InChI is InChI=1S/C7H6ClNO2/c8-9-6-3-1-2-4-7(6)10-5-11-9/h1-4H,5H2. The molecule has 0 radical (unpaired) electrons. The molecule has 0 N–H and O–H groups in total. The van der Waals surface area contributed by atoms with Crippen LogP contribution in [0.25, 0.3) is 0 Å². The lowest BCUT2D eigenvalue weighted by Crippen LogP contribution is -2.21. The van der Waals surface area contributed by atoms with Gasteiger partial charge in [0.1, 0.15) is 11.4 Å². The number of fused-ring (bicyclic) bond motifs is 1. The summed E-state index contributed by atoms with van der Waals surface area (Å²) in [7, 11) is 0. The molecule has 0 spiro atoms. The summed E-state index contributed by atoms with van der Waals surface area (Å²) in [5, 5.41) is 0. The molecule has 1 aromatic carbocycles. The summed E-state index contributed by atoms with van der Waals surface area (Å²) in [4.78, 5) is 4.88. The number of anilines is 1. The highest BCUT2D eigenvalue weighted by Gasteiger charge is 2.15. The molecule has 0 fully saturated rings. The minimum absolute atomic E-state index is 0.167. The number of para-hydroxylation sites is 2. The molecule has 58 valence electrons. The highest BCUT2D eigenvalue weighted by molar-refractivity contribution is 6.24. The molecule has 0 aliphatic carbocycles. The molecule has 1 aliphatic heterocycles. The summed E-state index contributed by atoms with van der Waals surface area (Å²) in [5.41, 5.74) is 0.736. The predicted molar refractivity (Wildman–Crippen MR) is 41.4 cm³/mol. The van der Waals surface area contributed by atoms with Crippen molar-refractivity contribution in [1.29, 1.82) is 0 Å². The van der Waals surface area contributed by atoms with Crippen molar-refractivity contribution in [2.24, 2.45) is 0 Å². The molecular formula is C7H6ClNO2. The van der Waals surface area contributed by atoms with Gasteiger partial charge in [0.05, 0.1) is 0 Å². The van der Waals surface area contributed by atoms with Crippen LogP contribution in [0, 0.1) is 0 Å². The molecule has 0 saturated carbocycles. The zero-order chi connectivity index (χ0) is 7.68. The lowest BCUT2D eigenvalue weighted by molar-refractivity contribution is 0.00735. The first kappa shape index (κ1) is 6.76. The first-order valence-electron chi connectivity index (χ1n) is 3.18. The van der Waals surface area contributed by atoms with Crippen LogP contribution in [0.4, 0.5) is 5.69 Å². The Hall–Kier alpha value is -0.930. The molecule has 3 nitrogen and oxygen atoms in total. The Morgan fingerprint density at radius 1 is 1.36 bits per heavy atom. The normalized spacial score (nSPS) is 15.5. The molecule has 11 heavy (non-hydrogen) atoms. The largest absolute Gasteiger partial charge is 0.463 e. The highest BCUT2D eigenvalue weighted by atomic mass is 35.5. The van der Waals surface area contributed by atoms with Crippen LogP contribution in [0.1, 0.15) is 0 Å². The zero-order valence-corrected chi connectivity index (χ0v) is 6.41. The predicted octanol–water partition coefficient (Wildman–Crippen LogP) is 1.93. The van der Waals surface area contributed by atoms with Gasteiger partial charge in [0.2, 0.25) is 6.79 Å². The van der Waals surface area contributed by atoms with E-state index >= 15 is 0 Å². The summed E-state index contributed by atoms with van der Waals surface area (Å²) in [5.74, 6) is 0.744. The topological polar surface area (TPSA) is 21.7 Å². The van der Waals surface area contributed by atoms with Crippen LogP contribution in [0.2, 0.25) is 0 Å². The summed E-state index contributed by atoms with van der Waals surface area (Å²) < 4.78 is 6.32. The number of hydrogen-bond acceptors (Lipinski definition) is 3. The molecule has 1 aromatic rings. The summed E-state index contributed by atoms with van der Waals surface area (Å²) in [6.07, 6.45) is 0. The molecular weight excluding hydrogens is 166 g/mol. The van der Waals surface area contributed by atoms with E-state index in [1.54, 1.807) is 0 Å². The quantitative estimate of drug-likeness (QED) is 0.557. The van der Waals surface area contributed by atoms with Gasteiger partial charge in [0, 0.05) is 11.8 Å². The molecule has 0 atom stereocenters. The Morgan fingerprint density at radius 2 is 2.18 bits per heavy atom. The molecule has 4 heteroatoms. The van der Waals surface area contributed by atoms with Crippen molar-refractivity contribution in [3.63, 3.8) is 0 Å². The Kier molecular flexibility index (Phi) is 1.60. The molecule has 0 saturated heterocycles. The third kappa shape index (κ3) is 1.13. The van der Waals surface area contributed by atoms with E-state index in [1.807, 2.05) is 24.3 Å². The van der Waals surface area contributed by atoms with Gasteiger partial charge < -0.3 is 4.74 Å². The summed E-state index contributed by atoms with van der Waals surface area (Å²) in [6, 6.07) is 7.41. The van der Waals surface area contributed by atoms with Gasteiger partial charge in [-0.3, -0.25) is 0 Å². The summed E-state index contributed by atoms with van der Waals surface area (Å²) >= 11 is 5.68. The number of hydrogen-bond donors (Lipinski definition) is 0. The molecule has 0 unspecified atom stereocenters. The van der Waals surface area contributed by atoms with Gasteiger partial charge in [-0.2, -0.15) is 4.58 Å². The van der Waals surface area contributed by atoms with Crippen LogP contribution < -0.4 is 9.32 Å². The van der Waals surface area contributed by atoms with Crippen molar-refractivity contribution >= 4 is 17.5 Å². The van der Waals surface area contributed by atoms with E-state index in [9.17, 15) is 0 Å². The maximum atomic E-state index is 5.68. The van der Waals surface area contributed by atoms with E-state index in [0.717, 1.165) is 11.4 Å². The van der Waals surface area contributed by atoms with E-state index in [0.29, 0.717) is 0 Å². The monoisotopic (exact) mass is 171 g/mol. The Balaban J connectivity index is 2.44. The fourth-order valence-electron chi connectivity index (χ4n) is 0.930. The summed E-state index contributed by atoms with van der Waals surface area (Å²) in [6.45, 7) is 0.167. The maximum absolute atomic E-state index is 5.68. The van der Waals surface area contributed by atoms with E-state index in [1.165, 1.54) is 4.58 Å². The minimum Gasteiger partial charge on any atom is -0.463 e. The number of rotatable bonds is 0. The van der Waals surface area contributed by atoms with Crippen molar-refractivity contribution in [3.05, 3.63) is 24.3 Å². The molecule has 0 amide bonds. The second kappa shape index (κ2) is 2.60. The van der Waals surface area contributed by atoms with Gasteiger partial charge in [0.25, 0.3) is 0 Å². The van der Waals surface area contributed by atoms with Crippen LogP contribution in [0.15, 0.2) is 24.3 Å². The van der Waals surface area contributed by atoms with E-state index in [-0.39, 0.29) is 6.79 Å². The van der Waals surface area contributed by atoms with Crippen LogP contribution in [0.5, 0.6) is 5.75 Å². The minimum atomic E-state index is 0.167. The Bertz CT molecular complexity index is 266. The maximum Gasteiger partial charge on any atom is 0.215 e. The molecule has 0 aromatic heterocycles. The van der Waals surface area contributed by atoms with Gasteiger partial charge in [0.15, 0.2) is 0 Å². The lowest BCUT2D eigenvalue weighted by atomic mass is 10.3. The number of nitrogens with zero attached hydrogens (tertiary/aromatic N) is 1. The SMILES string of the molecule is ClN1OCOc2ccccc21.